The fourth-order valence-corrected chi connectivity index (χ4v) is 5.64. The number of nitrogens with zero attached hydrogens (tertiary/aromatic N) is 5. The highest BCUT2D eigenvalue weighted by atomic mass is 15.0. The van der Waals surface area contributed by atoms with Crippen LogP contribution in [0.2, 0.25) is 0 Å². The van der Waals surface area contributed by atoms with Gasteiger partial charge < -0.3 is 4.57 Å². The van der Waals surface area contributed by atoms with E-state index in [-0.39, 0.29) is 0 Å². The van der Waals surface area contributed by atoms with Gasteiger partial charge in [0.25, 0.3) is 0 Å². The lowest BCUT2D eigenvalue weighted by molar-refractivity contribution is 1.18. The number of hydrogen-bond acceptors (Lipinski definition) is 4. The van der Waals surface area contributed by atoms with Crippen molar-refractivity contribution in [1.82, 2.24) is 24.5 Å². The first-order valence-electron chi connectivity index (χ1n) is 12.9. The number of hydrogen-bond donors (Lipinski definition) is 0. The minimum atomic E-state index is 0.932. The van der Waals surface area contributed by atoms with Crippen molar-refractivity contribution < 1.29 is 0 Å². The molecule has 8 aromatic rings. The Morgan fingerprint density at radius 1 is 0.410 bits per heavy atom. The van der Waals surface area contributed by atoms with Crippen LogP contribution in [0, 0.1) is 0 Å². The third-order valence-corrected chi connectivity index (χ3v) is 7.41. The average Bonchev–Trinajstić information content (AvgIpc) is 3.34. The van der Waals surface area contributed by atoms with E-state index in [4.69, 9.17) is 9.97 Å². The molecular formula is C34H21N5. The highest BCUT2D eigenvalue weighted by Crippen LogP contribution is 2.38. The van der Waals surface area contributed by atoms with E-state index >= 15 is 0 Å². The molecule has 3 aromatic heterocycles. The minimum Gasteiger partial charge on any atom is -0.309 e. The quantitative estimate of drug-likeness (QED) is 0.247. The van der Waals surface area contributed by atoms with Gasteiger partial charge in [0.1, 0.15) is 12.7 Å². The van der Waals surface area contributed by atoms with Crippen LogP contribution in [-0.2, 0) is 0 Å². The van der Waals surface area contributed by atoms with Gasteiger partial charge >= 0.3 is 0 Å². The maximum Gasteiger partial charge on any atom is 0.116 e. The molecule has 0 aliphatic heterocycles. The molecule has 0 spiro atoms. The van der Waals surface area contributed by atoms with Crippen molar-refractivity contribution in [3.05, 3.63) is 128 Å². The van der Waals surface area contributed by atoms with E-state index in [2.05, 4.69) is 87.3 Å². The molecule has 8 rings (SSSR count). The van der Waals surface area contributed by atoms with Crippen LogP contribution in [0.1, 0.15) is 0 Å². The molecule has 0 unspecified atom stereocenters. The molecule has 0 radical (unpaired) electrons. The number of rotatable bonds is 3. The number of fused-ring (bicyclic) bond motifs is 5. The van der Waals surface area contributed by atoms with E-state index in [9.17, 15) is 0 Å². The fraction of sp³-hybridized carbons (Fsp3) is 0. The Labute approximate surface area is 224 Å². The van der Waals surface area contributed by atoms with E-state index < -0.39 is 0 Å². The van der Waals surface area contributed by atoms with Crippen LogP contribution in [0.4, 0.5) is 0 Å². The molecule has 39 heavy (non-hydrogen) atoms. The largest absolute Gasteiger partial charge is 0.309 e. The Hall–Kier alpha value is -5.42. The monoisotopic (exact) mass is 499 g/mol. The van der Waals surface area contributed by atoms with Gasteiger partial charge in [0.15, 0.2) is 0 Å². The van der Waals surface area contributed by atoms with Crippen molar-refractivity contribution >= 4 is 43.6 Å². The van der Waals surface area contributed by atoms with Gasteiger partial charge in [-0.05, 0) is 48.5 Å². The average molecular weight is 500 g/mol. The molecule has 0 fully saturated rings. The third kappa shape index (κ3) is 3.41. The second-order valence-electron chi connectivity index (χ2n) is 9.61. The summed E-state index contributed by atoms with van der Waals surface area (Å²) < 4.78 is 2.33. The molecule has 0 saturated heterocycles. The summed E-state index contributed by atoms with van der Waals surface area (Å²) in [5.41, 5.74) is 9.27. The molecule has 5 heteroatoms. The summed E-state index contributed by atoms with van der Waals surface area (Å²) >= 11 is 0. The van der Waals surface area contributed by atoms with Crippen LogP contribution < -0.4 is 0 Å². The first kappa shape index (κ1) is 21.6. The SMILES string of the molecule is c1ccc(-n2c3ccc(-c4ncnc5ccccc45)cc3c3cc(-c4ncnc5ccccc45)ccc32)cc1. The van der Waals surface area contributed by atoms with Gasteiger partial charge in [-0.15, -0.1) is 0 Å². The predicted octanol–water partition coefficient (Wildman–Crippen LogP) is 8.00. The van der Waals surface area contributed by atoms with E-state index in [0.29, 0.717) is 0 Å². The molecule has 3 heterocycles. The van der Waals surface area contributed by atoms with Gasteiger partial charge in [0.2, 0.25) is 0 Å². The van der Waals surface area contributed by atoms with Crippen LogP contribution in [0.15, 0.2) is 128 Å². The summed E-state index contributed by atoms with van der Waals surface area (Å²) in [5, 5.41) is 4.40. The van der Waals surface area contributed by atoms with Crippen LogP contribution in [-0.4, -0.2) is 24.5 Å². The molecule has 0 atom stereocenters. The predicted molar refractivity (Wildman–Crippen MR) is 158 cm³/mol. The Morgan fingerprint density at radius 3 is 1.44 bits per heavy atom. The number of para-hydroxylation sites is 3. The maximum absolute atomic E-state index is 4.69. The van der Waals surface area contributed by atoms with Crippen molar-refractivity contribution in [3.63, 3.8) is 0 Å². The normalized spacial score (nSPS) is 11.6. The highest BCUT2D eigenvalue weighted by Gasteiger charge is 2.16. The lowest BCUT2D eigenvalue weighted by Crippen LogP contribution is -1.93. The molecule has 0 aliphatic carbocycles. The molecule has 182 valence electrons. The summed E-state index contributed by atoms with van der Waals surface area (Å²) in [6, 6.07) is 40.1. The molecule has 0 amide bonds. The Morgan fingerprint density at radius 2 is 0.897 bits per heavy atom. The zero-order chi connectivity index (χ0) is 25.8. The summed E-state index contributed by atoms with van der Waals surface area (Å²) in [6.45, 7) is 0. The summed E-state index contributed by atoms with van der Waals surface area (Å²) in [4.78, 5) is 18.3. The first-order chi connectivity index (χ1) is 19.3. The Kier molecular flexibility index (Phi) is 4.76. The molecule has 5 nitrogen and oxygen atoms in total. The molecule has 5 aromatic carbocycles. The van der Waals surface area contributed by atoms with Crippen molar-refractivity contribution in [3.8, 4) is 28.2 Å². The first-order valence-corrected chi connectivity index (χ1v) is 12.9. The second-order valence-corrected chi connectivity index (χ2v) is 9.61. The van der Waals surface area contributed by atoms with Crippen molar-refractivity contribution in [2.24, 2.45) is 0 Å². The van der Waals surface area contributed by atoms with Gasteiger partial charge in [-0.25, -0.2) is 19.9 Å². The van der Waals surface area contributed by atoms with E-state index in [1.807, 2.05) is 42.5 Å². The molecule has 0 N–H and O–H groups in total. The number of benzene rings is 5. The van der Waals surface area contributed by atoms with Gasteiger partial charge in [0.05, 0.1) is 33.5 Å². The molecule has 0 bridgehead atoms. The second kappa shape index (κ2) is 8.57. The zero-order valence-electron chi connectivity index (χ0n) is 20.9. The van der Waals surface area contributed by atoms with Crippen LogP contribution >= 0.6 is 0 Å². The van der Waals surface area contributed by atoms with E-state index in [0.717, 1.165) is 71.8 Å². The maximum atomic E-state index is 4.69. The summed E-state index contributed by atoms with van der Waals surface area (Å²) in [7, 11) is 0. The lowest BCUT2D eigenvalue weighted by atomic mass is 10.0. The smallest absolute Gasteiger partial charge is 0.116 e. The van der Waals surface area contributed by atoms with Crippen LogP contribution in [0.3, 0.4) is 0 Å². The zero-order valence-corrected chi connectivity index (χ0v) is 20.9. The van der Waals surface area contributed by atoms with E-state index in [1.165, 1.54) is 0 Å². The fourth-order valence-electron chi connectivity index (χ4n) is 5.64. The van der Waals surface area contributed by atoms with Crippen molar-refractivity contribution in [2.75, 3.05) is 0 Å². The van der Waals surface area contributed by atoms with Gasteiger partial charge in [-0.3, -0.25) is 0 Å². The summed E-state index contributed by atoms with van der Waals surface area (Å²) in [5.74, 6) is 0. The summed E-state index contributed by atoms with van der Waals surface area (Å²) in [6.07, 6.45) is 3.29. The highest BCUT2D eigenvalue weighted by molar-refractivity contribution is 6.12. The van der Waals surface area contributed by atoms with Crippen molar-refractivity contribution in [2.45, 2.75) is 0 Å². The Balaban J connectivity index is 1.43. The standard InChI is InChI=1S/C34H21N5/c1-2-8-24(9-3-1)39-31-16-14-22(33-25-10-4-6-12-29(25)35-20-37-33)18-27(31)28-19-23(15-17-32(28)39)34-26-11-5-7-13-30(26)36-21-38-34/h1-21H. The van der Waals surface area contributed by atoms with E-state index in [1.54, 1.807) is 12.7 Å². The van der Waals surface area contributed by atoms with Gasteiger partial charge in [-0.2, -0.15) is 0 Å². The molecular weight excluding hydrogens is 478 g/mol. The van der Waals surface area contributed by atoms with Crippen LogP contribution in [0.25, 0.3) is 71.8 Å². The molecule has 0 saturated carbocycles. The topological polar surface area (TPSA) is 56.5 Å². The molecule has 0 aliphatic rings. The van der Waals surface area contributed by atoms with Crippen molar-refractivity contribution in [1.29, 1.82) is 0 Å². The van der Waals surface area contributed by atoms with Gasteiger partial charge in [-0.1, -0.05) is 66.7 Å². The Bertz CT molecular complexity index is 2030. The van der Waals surface area contributed by atoms with Crippen LogP contribution in [0.5, 0.6) is 0 Å². The number of aromatic nitrogens is 5. The lowest BCUT2D eigenvalue weighted by Gasteiger charge is -2.09. The third-order valence-electron chi connectivity index (χ3n) is 7.41. The van der Waals surface area contributed by atoms with Gasteiger partial charge in [0, 0.05) is 38.4 Å². The minimum absolute atomic E-state index is 0.932.